The van der Waals surface area contributed by atoms with Gasteiger partial charge < -0.3 is 14.8 Å². The number of nitriles is 1. The zero-order valence-corrected chi connectivity index (χ0v) is 14.7. The van der Waals surface area contributed by atoms with Crippen LogP contribution in [0.5, 0.6) is 5.75 Å². The second-order valence-corrected chi connectivity index (χ2v) is 5.91. The third-order valence-corrected chi connectivity index (χ3v) is 3.54. The van der Waals surface area contributed by atoms with E-state index in [9.17, 15) is 9.59 Å². The molecule has 0 heterocycles. The fourth-order valence-corrected chi connectivity index (χ4v) is 2.14. The molecule has 1 N–H and O–H groups in total. The summed E-state index contributed by atoms with van der Waals surface area (Å²) in [6.07, 6.45) is 0. The Morgan fingerprint density at radius 2 is 1.85 bits per heavy atom. The predicted octanol–water partition coefficient (Wildman–Crippen LogP) is 3.24. The van der Waals surface area contributed by atoms with Crippen molar-refractivity contribution in [2.45, 2.75) is 19.8 Å². The zero-order chi connectivity index (χ0) is 18.9. The molecule has 1 amide bonds. The maximum atomic E-state index is 11.8. The Hall–Kier alpha value is -3.33. The van der Waals surface area contributed by atoms with Crippen LogP contribution in [0.3, 0.4) is 0 Å². The van der Waals surface area contributed by atoms with Crippen LogP contribution < -0.4 is 10.1 Å². The number of hydrogen-bond acceptors (Lipinski definition) is 5. The lowest BCUT2D eigenvalue weighted by Gasteiger charge is -2.09. The van der Waals surface area contributed by atoms with E-state index in [-0.39, 0.29) is 6.61 Å². The van der Waals surface area contributed by atoms with Crippen molar-refractivity contribution in [3.8, 4) is 11.8 Å². The summed E-state index contributed by atoms with van der Waals surface area (Å²) in [6.45, 7) is 3.48. The Labute approximate surface area is 152 Å². The molecule has 0 fully saturated rings. The largest absolute Gasteiger partial charge is 0.482 e. The number of amides is 1. The van der Waals surface area contributed by atoms with Gasteiger partial charge in [-0.15, -0.1) is 0 Å². The molecule has 2 aromatic rings. The number of benzene rings is 2. The van der Waals surface area contributed by atoms with Gasteiger partial charge in [0.2, 0.25) is 0 Å². The Bertz CT molecular complexity index is 807. The highest BCUT2D eigenvalue weighted by atomic mass is 16.6. The molecule has 0 aliphatic heterocycles. The molecule has 0 saturated heterocycles. The summed E-state index contributed by atoms with van der Waals surface area (Å²) < 4.78 is 10.2. The molecule has 0 bridgehead atoms. The Balaban J connectivity index is 1.74. The van der Waals surface area contributed by atoms with Crippen molar-refractivity contribution >= 4 is 17.6 Å². The van der Waals surface area contributed by atoms with Crippen LogP contribution in [-0.2, 0) is 14.3 Å². The second-order valence-electron chi connectivity index (χ2n) is 5.91. The minimum absolute atomic E-state index is 0.280. The number of nitrogens with one attached hydrogen (secondary N) is 1. The van der Waals surface area contributed by atoms with Crippen molar-refractivity contribution in [1.29, 1.82) is 5.26 Å². The first kappa shape index (κ1) is 19.0. The van der Waals surface area contributed by atoms with Crippen LogP contribution in [0.15, 0.2) is 48.5 Å². The van der Waals surface area contributed by atoms with E-state index < -0.39 is 18.5 Å². The quantitative estimate of drug-likeness (QED) is 0.773. The molecule has 6 nitrogen and oxygen atoms in total. The minimum atomic E-state index is -0.640. The molecular formula is C20H20N2O4. The van der Waals surface area contributed by atoms with Crippen LogP contribution in [0.4, 0.5) is 5.69 Å². The lowest BCUT2D eigenvalue weighted by molar-refractivity contribution is -0.149. The average molecular weight is 352 g/mol. The number of rotatable bonds is 7. The third-order valence-electron chi connectivity index (χ3n) is 3.54. The standard InChI is InChI=1S/C20H20N2O4/c1-14(2)16-6-8-18(9-7-16)25-13-20(24)26-12-19(23)22-17-5-3-4-15(10-17)11-21/h3-10,14H,12-13H2,1-2H3,(H,22,23). The lowest BCUT2D eigenvalue weighted by Crippen LogP contribution is -2.23. The van der Waals surface area contributed by atoms with Crippen LogP contribution in [0.1, 0.15) is 30.9 Å². The topological polar surface area (TPSA) is 88.4 Å². The number of ether oxygens (including phenoxy) is 2. The fraction of sp³-hybridized carbons (Fsp3) is 0.250. The van der Waals surface area contributed by atoms with Gasteiger partial charge in [0.25, 0.3) is 5.91 Å². The second kappa shape index (κ2) is 9.23. The monoisotopic (exact) mass is 352 g/mol. The highest BCUT2D eigenvalue weighted by molar-refractivity contribution is 5.93. The van der Waals surface area contributed by atoms with Crippen LogP contribution >= 0.6 is 0 Å². The van der Waals surface area contributed by atoms with Gasteiger partial charge in [-0.05, 0) is 41.8 Å². The van der Waals surface area contributed by atoms with Crippen molar-refractivity contribution < 1.29 is 19.1 Å². The van der Waals surface area contributed by atoms with Crippen LogP contribution in [0.25, 0.3) is 0 Å². The van der Waals surface area contributed by atoms with Gasteiger partial charge in [0.15, 0.2) is 13.2 Å². The van der Waals surface area contributed by atoms with E-state index in [0.717, 1.165) is 0 Å². The molecule has 0 aliphatic rings. The Morgan fingerprint density at radius 1 is 1.12 bits per heavy atom. The van der Waals surface area contributed by atoms with E-state index in [4.69, 9.17) is 14.7 Å². The molecule has 0 aromatic heterocycles. The Kier molecular flexibility index (Phi) is 6.75. The SMILES string of the molecule is CC(C)c1ccc(OCC(=O)OCC(=O)Nc2cccc(C#N)c2)cc1. The van der Waals surface area contributed by atoms with Gasteiger partial charge in [-0.2, -0.15) is 5.26 Å². The third kappa shape index (κ3) is 5.95. The summed E-state index contributed by atoms with van der Waals surface area (Å²) in [5.74, 6) is -0.154. The van der Waals surface area contributed by atoms with Crippen LogP contribution in [0.2, 0.25) is 0 Å². The molecule has 0 saturated carbocycles. The number of carbonyl (C=O) groups excluding carboxylic acids is 2. The van der Waals surface area contributed by atoms with Crippen LogP contribution in [0, 0.1) is 11.3 Å². The van der Waals surface area contributed by atoms with Crippen molar-refractivity contribution in [3.63, 3.8) is 0 Å². The van der Waals surface area contributed by atoms with E-state index in [1.807, 2.05) is 18.2 Å². The number of nitrogens with zero attached hydrogens (tertiary/aromatic N) is 1. The number of anilines is 1. The maximum Gasteiger partial charge on any atom is 0.344 e. The summed E-state index contributed by atoms with van der Waals surface area (Å²) in [5.41, 5.74) is 2.07. The lowest BCUT2D eigenvalue weighted by atomic mass is 10.0. The summed E-state index contributed by atoms with van der Waals surface area (Å²) >= 11 is 0. The summed E-state index contributed by atoms with van der Waals surface area (Å²) in [6, 6.07) is 15.9. The first-order valence-electron chi connectivity index (χ1n) is 8.16. The van der Waals surface area contributed by atoms with Crippen molar-refractivity contribution in [2.75, 3.05) is 18.5 Å². The average Bonchev–Trinajstić information content (AvgIpc) is 2.65. The number of hydrogen-bond donors (Lipinski definition) is 1. The van der Waals surface area contributed by atoms with Crippen molar-refractivity contribution in [2.24, 2.45) is 0 Å². The van der Waals surface area contributed by atoms with Crippen molar-refractivity contribution in [3.05, 3.63) is 59.7 Å². The maximum absolute atomic E-state index is 11.8. The smallest absolute Gasteiger partial charge is 0.344 e. The minimum Gasteiger partial charge on any atom is -0.482 e. The summed E-state index contributed by atoms with van der Waals surface area (Å²) in [7, 11) is 0. The predicted molar refractivity (Wildman–Crippen MR) is 96.8 cm³/mol. The normalized spacial score (nSPS) is 10.1. The van der Waals surface area contributed by atoms with Crippen molar-refractivity contribution in [1.82, 2.24) is 0 Å². The Morgan fingerprint density at radius 3 is 2.50 bits per heavy atom. The highest BCUT2D eigenvalue weighted by Gasteiger charge is 2.09. The molecule has 0 spiro atoms. The highest BCUT2D eigenvalue weighted by Crippen LogP contribution is 2.18. The first-order chi connectivity index (χ1) is 12.5. The van der Waals surface area contributed by atoms with Gasteiger partial charge in [0, 0.05) is 5.69 Å². The summed E-state index contributed by atoms with van der Waals surface area (Å²) in [4.78, 5) is 23.5. The van der Waals surface area contributed by atoms with E-state index in [0.29, 0.717) is 22.9 Å². The molecule has 2 aromatic carbocycles. The molecule has 134 valence electrons. The van der Waals surface area contributed by atoms with E-state index in [2.05, 4.69) is 19.2 Å². The molecule has 0 radical (unpaired) electrons. The van der Waals surface area contributed by atoms with Gasteiger partial charge >= 0.3 is 5.97 Å². The van der Waals surface area contributed by atoms with E-state index in [1.54, 1.807) is 30.3 Å². The van der Waals surface area contributed by atoms with Gasteiger partial charge in [-0.3, -0.25) is 4.79 Å². The van der Waals surface area contributed by atoms with Gasteiger partial charge in [-0.1, -0.05) is 32.0 Å². The molecule has 2 rings (SSSR count). The molecule has 0 aliphatic carbocycles. The van der Waals surface area contributed by atoms with Gasteiger partial charge in [-0.25, -0.2) is 4.79 Å². The van der Waals surface area contributed by atoms with Crippen LogP contribution in [-0.4, -0.2) is 25.1 Å². The fourth-order valence-electron chi connectivity index (χ4n) is 2.14. The molecule has 26 heavy (non-hydrogen) atoms. The molecule has 6 heteroatoms. The molecule has 0 atom stereocenters. The number of esters is 1. The van der Waals surface area contributed by atoms with E-state index in [1.165, 1.54) is 11.6 Å². The van der Waals surface area contributed by atoms with Gasteiger partial charge in [0.1, 0.15) is 5.75 Å². The first-order valence-corrected chi connectivity index (χ1v) is 8.16. The summed E-state index contributed by atoms with van der Waals surface area (Å²) in [5, 5.41) is 11.4. The molecule has 0 unspecified atom stereocenters. The molecular weight excluding hydrogens is 332 g/mol. The zero-order valence-electron chi connectivity index (χ0n) is 14.7. The number of carbonyl (C=O) groups is 2. The van der Waals surface area contributed by atoms with E-state index >= 15 is 0 Å². The van der Waals surface area contributed by atoms with Gasteiger partial charge in [0.05, 0.1) is 11.6 Å².